The molecule has 21 heavy (non-hydrogen) atoms. The van der Waals surface area contributed by atoms with Crippen molar-refractivity contribution in [3.8, 4) is 0 Å². The van der Waals surface area contributed by atoms with Gasteiger partial charge in [0.05, 0.1) is 0 Å². The van der Waals surface area contributed by atoms with Crippen LogP contribution in [0.15, 0.2) is 29.6 Å². The molecule has 0 spiro atoms. The van der Waals surface area contributed by atoms with Gasteiger partial charge in [-0.1, -0.05) is 32.0 Å². The van der Waals surface area contributed by atoms with E-state index < -0.39 is 0 Å². The number of rotatable bonds is 9. The van der Waals surface area contributed by atoms with Gasteiger partial charge in [0.25, 0.3) is 0 Å². The third kappa shape index (κ3) is 4.80. The SMILES string of the molecule is CCCNC(Cc1csc2ccccc12)CC(C)COC. The molecule has 3 heteroatoms. The number of hydrogen-bond acceptors (Lipinski definition) is 3. The number of ether oxygens (including phenoxy) is 1. The summed E-state index contributed by atoms with van der Waals surface area (Å²) in [4.78, 5) is 0. The highest BCUT2D eigenvalue weighted by molar-refractivity contribution is 7.17. The van der Waals surface area contributed by atoms with Crippen LogP contribution in [0, 0.1) is 5.92 Å². The first kappa shape index (κ1) is 16.5. The van der Waals surface area contributed by atoms with Gasteiger partial charge in [0.15, 0.2) is 0 Å². The molecule has 0 aliphatic rings. The van der Waals surface area contributed by atoms with Gasteiger partial charge in [-0.25, -0.2) is 0 Å². The van der Waals surface area contributed by atoms with E-state index in [0.29, 0.717) is 12.0 Å². The fourth-order valence-electron chi connectivity index (χ4n) is 2.88. The zero-order chi connectivity index (χ0) is 15.1. The molecule has 1 heterocycles. The smallest absolute Gasteiger partial charge is 0.0488 e. The zero-order valence-corrected chi connectivity index (χ0v) is 14.2. The summed E-state index contributed by atoms with van der Waals surface area (Å²) in [6.45, 7) is 6.43. The lowest BCUT2D eigenvalue weighted by Crippen LogP contribution is -2.34. The number of methoxy groups -OCH3 is 1. The van der Waals surface area contributed by atoms with Crippen LogP contribution in [0.25, 0.3) is 10.1 Å². The van der Waals surface area contributed by atoms with Crippen molar-refractivity contribution in [3.63, 3.8) is 0 Å². The van der Waals surface area contributed by atoms with Crippen LogP contribution in [0.2, 0.25) is 0 Å². The Kier molecular flexibility index (Phi) is 6.68. The van der Waals surface area contributed by atoms with E-state index in [1.807, 2.05) is 11.3 Å². The van der Waals surface area contributed by atoms with E-state index in [9.17, 15) is 0 Å². The Morgan fingerprint density at radius 2 is 2.10 bits per heavy atom. The first-order valence-electron chi connectivity index (χ1n) is 7.92. The van der Waals surface area contributed by atoms with Gasteiger partial charge in [-0.05, 0) is 54.1 Å². The average molecular weight is 305 g/mol. The van der Waals surface area contributed by atoms with E-state index in [1.165, 1.54) is 22.1 Å². The second-order valence-corrected chi connectivity index (χ2v) is 6.82. The Bertz CT molecular complexity index is 537. The molecule has 0 aliphatic heterocycles. The molecule has 116 valence electrons. The highest BCUT2D eigenvalue weighted by Gasteiger charge is 2.15. The largest absolute Gasteiger partial charge is 0.384 e. The van der Waals surface area contributed by atoms with E-state index in [1.54, 1.807) is 7.11 Å². The summed E-state index contributed by atoms with van der Waals surface area (Å²) in [6.07, 6.45) is 3.45. The van der Waals surface area contributed by atoms with Crippen LogP contribution < -0.4 is 5.32 Å². The molecule has 2 aromatic rings. The number of fused-ring (bicyclic) bond motifs is 1. The predicted octanol–water partition coefficient (Wildman–Crippen LogP) is 4.48. The van der Waals surface area contributed by atoms with Crippen molar-refractivity contribution < 1.29 is 4.74 Å². The summed E-state index contributed by atoms with van der Waals surface area (Å²) in [5.74, 6) is 0.592. The molecule has 0 amide bonds. The first-order valence-corrected chi connectivity index (χ1v) is 8.80. The number of thiophene rings is 1. The molecule has 2 nitrogen and oxygen atoms in total. The van der Waals surface area contributed by atoms with Crippen LogP contribution in [-0.2, 0) is 11.2 Å². The van der Waals surface area contributed by atoms with Crippen LogP contribution in [0.5, 0.6) is 0 Å². The van der Waals surface area contributed by atoms with Gasteiger partial charge in [-0.3, -0.25) is 0 Å². The monoisotopic (exact) mass is 305 g/mol. The fourth-order valence-corrected chi connectivity index (χ4v) is 3.86. The fraction of sp³-hybridized carbons (Fsp3) is 0.556. The lowest BCUT2D eigenvalue weighted by molar-refractivity contribution is 0.149. The predicted molar refractivity (Wildman–Crippen MR) is 93.3 cm³/mol. The Labute approximate surface area is 132 Å². The number of hydrogen-bond donors (Lipinski definition) is 1. The molecule has 0 aliphatic carbocycles. The zero-order valence-electron chi connectivity index (χ0n) is 13.4. The Morgan fingerprint density at radius 3 is 2.86 bits per heavy atom. The van der Waals surface area contributed by atoms with Crippen LogP contribution in [0.4, 0.5) is 0 Å². The normalized spacial score (nSPS) is 14.4. The second kappa shape index (κ2) is 8.52. The maximum absolute atomic E-state index is 5.29. The molecule has 1 aromatic heterocycles. The molecule has 2 atom stereocenters. The Balaban J connectivity index is 2.06. The minimum absolute atomic E-state index is 0.535. The molecule has 2 unspecified atom stereocenters. The van der Waals surface area contributed by atoms with Crippen molar-refractivity contribution >= 4 is 21.4 Å². The third-order valence-corrected chi connectivity index (χ3v) is 4.86. The molecule has 2 rings (SSSR count). The summed E-state index contributed by atoms with van der Waals surface area (Å²) < 4.78 is 6.68. The van der Waals surface area contributed by atoms with E-state index >= 15 is 0 Å². The minimum Gasteiger partial charge on any atom is -0.384 e. The Hall–Kier alpha value is -0.900. The van der Waals surface area contributed by atoms with Gasteiger partial charge in [-0.15, -0.1) is 11.3 Å². The van der Waals surface area contributed by atoms with E-state index in [0.717, 1.165) is 26.0 Å². The summed E-state index contributed by atoms with van der Waals surface area (Å²) >= 11 is 1.86. The summed E-state index contributed by atoms with van der Waals surface area (Å²) in [7, 11) is 1.79. The molecule has 0 radical (unpaired) electrons. The van der Waals surface area contributed by atoms with Crippen molar-refractivity contribution in [2.75, 3.05) is 20.3 Å². The van der Waals surface area contributed by atoms with E-state index in [4.69, 9.17) is 4.74 Å². The van der Waals surface area contributed by atoms with Gasteiger partial charge in [0.1, 0.15) is 0 Å². The highest BCUT2D eigenvalue weighted by Crippen LogP contribution is 2.27. The van der Waals surface area contributed by atoms with Crippen molar-refractivity contribution in [3.05, 3.63) is 35.2 Å². The molecule has 0 fully saturated rings. The topological polar surface area (TPSA) is 21.3 Å². The molecular formula is C18H27NOS. The van der Waals surface area contributed by atoms with Crippen molar-refractivity contribution in [1.82, 2.24) is 5.32 Å². The maximum Gasteiger partial charge on any atom is 0.0488 e. The molecule has 0 bridgehead atoms. The van der Waals surface area contributed by atoms with Gasteiger partial charge in [0.2, 0.25) is 0 Å². The van der Waals surface area contributed by atoms with Crippen LogP contribution >= 0.6 is 11.3 Å². The first-order chi connectivity index (χ1) is 10.2. The molecule has 0 saturated heterocycles. The Morgan fingerprint density at radius 1 is 1.29 bits per heavy atom. The summed E-state index contributed by atoms with van der Waals surface area (Å²) in [6, 6.07) is 9.26. The van der Waals surface area contributed by atoms with Crippen molar-refractivity contribution in [2.45, 2.75) is 39.2 Å². The van der Waals surface area contributed by atoms with E-state index in [2.05, 4.69) is 48.8 Å². The molecule has 1 aromatic carbocycles. The number of benzene rings is 1. The second-order valence-electron chi connectivity index (χ2n) is 5.91. The maximum atomic E-state index is 5.29. The quantitative estimate of drug-likeness (QED) is 0.737. The molecular weight excluding hydrogens is 278 g/mol. The van der Waals surface area contributed by atoms with Crippen LogP contribution in [0.3, 0.4) is 0 Å². The third-order valence-electron chi connectivity index (χ3n) is 3.85. The van der Waals surface area contributed by atoms with Crippen molar-refractivity contribution in [2.24, 2.45) is 5.92 Å². The van der Waals surface area contributed by atoms with Gasteiger partial charge >= 0.3 is 0 Å². The van der Waals surface area contributed by atoms with Gasteiger partial charge in [-0.2, -0.15) is 0 Å². The summed E-state index contributed by atoms with van der Waals surface area (Å²) in [5, 5.41) is 7.46. The molecule has 0 saturated carbocycles. The standard InChI is InChI=1S/C18H27NOS/c1-4-9-19-16(10-14(2)12-20-3)11-15-13-21-18-8-6-5-7-17(15)18/h5-8,13-14,16,19H,4,9-12H2,1-3H3. The van der Waals surface area contributed by atoms with Gasteiger partial charge < -0.3 is 10.1 Å². The number of nitrogens with one attached hydrogen (secondary N) is 1. The lowest BCUT2D eigenvalue weighted by Gasteiger charge is -2.22. The average Bonchev–Trinajstić information content (AvgIpc) is 2.88. The van der Waals surface area contributed by atoms with Crippen LogP contribution in [0.1, 0.15) is 32.3 Å². The highest BCUT2D eigenvalue weighted by atomic mass is 32.1. The van der Waals surface area contributed by atoms with E-state index in [-0.39, 0.29) is 0 Å². The summed E-state index contributed by atoms with van der Waals surface area (Å²) in [5.41, 5.74) is 1.48. The molecule has 1 N–H and O–H groups in total. The minimum atomic E-state index is 0.535. The lowest BCUT2D eigenvalue weighted by atomic mass is 9.96. The van der Waals surface area contributed by atoms with Crippen LogP contribution in [-0.4, -0.2) is 26.3 Å². The van der Waals surface area contributed by atoms with Gasteiger partial charge in [0, 0.05) is 24.5 Å². The van der Waals surface area contributed by atoms with Crippen molar-refractivity contribution in [1.29, 1.82) is 0 Å².